The van der Waals surface area contributed by atoms with Gasteiger partial charge in [0.15, 0.2) is 0 Å². The zero-order valence-electron chi connectivity index (χ0n) is 23.2. The number of hydrogen-bond donors (Lipinski definition) is 3. The van der Waals surface area contributed by atoms with Crippen LogP contribution in [0.2, 0.25) is 0 Å². The van der Waals surface area contributed by atoms with Crippen LogP contribution in [0.15, 0.2) is 53.7 Å². The topological polar surface area (TPSA) is 154 Å². The Kier molecular flexibility index (Phi) is 9.56. The average Bonchev–Trinajstić information content (AvgIpc) is 2.88. The van der Waals surface area contributed by atoms with Crippen LogP contribution >= 0.6 is 0 Å². The van der Waals surface area contributed by atoms with E-state index in [-0.39, 0.29) is 17.9 Å². The number of carboxylic acid groups (broad SMARTS) is 1. The van der Waals surface area contributed by atoms with Crippen molar-refractivity contribution >= 4 is 17.8 Å². The number of aromatic nitrogens is 2. The molecule has 0 saturated heterocycles. The van der Waals surface area contributed by atoms with Gasteiger partial charge in [-0.25, -0.2) is 0 Å². The zero-order valence-corrected chi connectivity index (χ0v) is 23.2. The number of nitrogens with one attached hydrogen (secondary N) is 2. The van der Waals surface area contributed by atoms with Crippen molar-refractivity contribution in [3.63, 3.8) is 0 Å². The lowest BCUT2D eigenvalue weighted by Crippen LogP contribution is -2.49. The molecule has 208 valence electrons. The number of amides is 2. The highest BCUT2D eigenvalue weighted by Crippen LogP contribution is 2.30. The molecule has 0 aliphatic rings. The second kappa shape index (κ2) is 12.8. The third-order valence-corrected chi connectivity index (χ3v) is 6.50. The van der Waals surface area contributed by atoms with Crippen molar-refractivity contribution in [3.05, 3.63) is 87.1 Å². The number of benzene rings is 1. The number of rotatable bonds is 10. The molecule has 0 aliphatic heterocycles. The molecule has 0 bridgehead atoms. The summed E-state index contributed by atoms with van der Waals surface area (Å²) >= 11 is 0. The van der Waals surface area contributed by atoms with Crippen molar-refractivity contribution in [3.8, 4) is 17.2 Å². The molecule has 2 heterocycles. The Morgan fingerprint density at radius 3 is 2.38 bits per heavy atom. The van der Waals surface area contributed by atoms with E-state index in [4.69, 9.17) is 0 Å². The van der Waals surface area contributed by atoms with E-state index in [2.05, 4.69) is 21.7 Å². The second-order valence-electron chi connectivity index (χ2n) is 10.3. The molecule has 0 fully saturated rings. The van der Waals surface area contributed by atoms with Gasteiger partial charge in [0.2, 0.25) is 5.91 Å². The molecule has 2 aromatic heterocycles. The average molecular weight is 544 g/mol. The van der Waals surface area contributed by atoms with Gasteiger partial charge in [0.1, 0.15) is 11.6 Å². The number of nitrogens with zero attached hydrogens (tertiary/aromatic N) is 3. The number of carboxylic acids is 1. The minimum absolute atomic E-state index is 0.0138. The molecule has 0 radical (unpaired) electrons. The van der Waals surface area contributed by atoms with E-state index >= 15 is 0 Å². The first kappa shape index (κ1) is 29.8. The summed E-state index contributed by atoms with van der Waals surface area (Å²) in [6, 6.07) is 8.45. The molecule has 3 rings (SSSR count). The molecule has 40 heavy (non-hydrogen) atoms. The van der Waals surface area contributed by atoms with Gasteiger partial charge in [-0.15, -0.1) is 0 Å². The summed E-state index contributed by atoms with van der Waals surface area (Å²) in [7, 11) is 1.52. The maximum atomic E-state index is 13.4. The number of carbonyl (C=O) groups is 3. The van der Waals surface area contributed by atoms with E-state index in [1.54, 1.807) is 30.5 Å². The van der Waals surface area contributed by atoms with Crippen molar-refractivity contribution in [2.24, 2.45) is 13.0 Å². The third kappa shape index (κ3) is 7.20. The standard InChI is InChI=1S/C30H33N5O5/c1-17(2)9-25(34-28(38)23-7-6-8-35(5)30(23)40)29(39)33-24(13-26(36)37)21-12-22(16-32-15-21)27-18(3)10-20(14-31)11-19(27)4/h6-8,10-12,15-17,24-25H,9,13H2,1-5H3,(H,33,39)(H,34,38)(H,36,37)/t24-,25-/m0/s1. The fraction of sp³-hybridized carbons (Fsp3) is 0.333. The summed E-state index contributed by atoms with van der Waals surface area (Å²) in [5, 5.41) is 24.3. The van der Waals surface area contributed by atoms with E-state index < -0.39 is 41.8 Å². The van der Waals surface area contributed by atoms with Crippen molar-refractivity contribution in [1.29, 1.82) is 5.26 Å². The monoisotopic (exact) mass is 543 g/mol. The van der Waals surface area contributed by atoms with E-state index in [1.807, 2.05) is 27.7 Å². The van der Waals surface area contributed by atoms with Gasteiger partial charge in [0, 0.05) is 31.2 Å². The van der Waals surface area contributed by atoms with Gasteiger partial charge in [-0.1, -0.05) is 13.8 Å². The van der Waals surface area contributed by atoms with Gasteiger partial charge in [-0.2, -0.15) is 5.26 Å². The predicted molar refractivity (Wildman–Crippen MR) is 149 cm³/mol. The zero-order chi connectivity index (χ0) is 29.6. The summed E-state index contributed by atoms with van der Waals surface area (Å²) < 4.78 is 1.27. The van der Waals surface area contributed by atoms with Crippen LogP contribution in [0.4, 0.5) is 0 Å². The van der Waals surface area contributed by atoms with E-state index in [0.717, 1.165) is 16.7 Å². The van der Waals surface area contributed by atoms with E-state index in [0.29, 0.717) is 16.7 Å². The van der Waals surface area contributed by atoms with Gasteiger partial charge in [-0.3, -0.25) is 24.2 Å². The van der Waals surface area contributed by atoms with Crippen LogP contribution < -0.4 is 16.2 Å². The van der Waals surface area contributed by atoms with Crippen molar-refractivity contribution in [2.45, 2.75) is 52.6 Å². The number of aliphatic carboxylic acids is 1. The highest BCUT2D eigenvalue weighted by Gasteiger charge is 2.27. The molecule has 2 amide bonds. The molecule has 10 nitrogen and oxygen atoms in total. The van der Waals surface area contributed by atoms with Gasteiger partial charge >= 0.3 is 5.97 Å². The highest BCUT2D eigenvalue weighted by molar-refractivity contribution is 5.97. The first-order chi connectivity index (χ1) is 18.9. The SMILES string of the molecule is Cc1cc(C#N)cc(C)c1-c1cncc([C@H](CC(=O)O)NC(=O)[C@H](CC(C)C)NC(=O)c2cccn(C)c2=O)c1. The molecule has 10 heteroatoms. The molecule has 0 aliphatic carbocycles. The number of hydrogen-bond acceptors (Lipinski definition) is 6. The summed E-state index contributed by atoms with van der Waals surface area (Å²) in [5.41, 5.74) is 3.72. The highest BCUT2D eigenvalue weighted by atomic mass is 16.4. The molecule has 2 atom stereocenters. The summed E-state index contributed by atoms with van der Waals surface area (Å²) in [6.07, 6.45) is 4.52. The lowest BCUT2D eigenvalue weighted by Gasteiger charge is -2.24. The molecular weight excluding hydrogens is 510 g/mol. The summed E-state index contributed by atoms with van der Waals surface area (Å²) in [4.78, 5) is 54.9. The van der Waals surface area contributed by atoms with E-state index in [1.165, 1.54) is 30.1 Å². The van der Waals surface area contributed by atoms with Crippen LogP contribution in [0.1, 0.15) is 65.3 Å². The molecule has 1 aromatic carbocycles. The van der Waals surface area contributed by atoms with Crippen molar-refractivity contribution in [1.82, 2.24) is 20.2 Å². The first-order valence-electron chi connectivity index (χ1n) is 12.9. The molecule has 0 unspecified atom stereocenters. The first-order valence-corrected chi connectivity index (χ1v) is 12.9. The van der Waals surface area contributed by atoms with Crippen LogP contribution in [-0.4, -0.2) is 38.5 Å². The number of carbonyl (C=O) groups excluding carboxylic acids is 2. The molecule has 0 spiro atoms. The van der Waals surface area contributed by atoms with Crippen LogP contribution in [0.5, 0.6) is 0 Å². The minimum atomic E-state index is -1.13. The van der Waals surface area contributed by atoms with Gasteiger partial charge in [-0.05, 0) is 78.8 Å². The van der Waals surface area contributed by atoms with Crippen molar-refractivity contribution in [2.75, 3.05) is 0 Å². The number of pyridine rings is 2. The van der Waals surface area contributed by atoms with Crippen molar-refractivity contribution < 1.29 is 19.5 Å². The Balaban J connectivity index is 1.93. The van der Waals surface area contributed by atoms with Crippen LogP contribution in [0.3, 0.4) is 0 Å². The van der Waals surface area contributed by atoms with E-state index in [9.17, 15) is 29.5 Å². The van der Waals surface area contributed by atoms with Gasteiger partial charge in [0.05, 0.1) is 24.1 Å². The fourth-order valence-electron chi connectivity index (χ4n) is 4.68. The van der Waals surface area contributed by atoms with Crippen LogP contribution in [-0.2, 0) is 16.6 Å². The number of nitriles is 1. The maximum absolute atomic E-state index is 13.4. The van der Waals surface area contributed by atoms with Crippen LogP contribution in [0, 0.1) is 31.1 Å². The Morgan fingerprint density at radius 2 is 1.77 bits per heavy atom. The van der Waals surface area contributed by atoms with Gasteiger partial charge in [0.25, 0.3) is 11.5 Å². The quantitative estimate of drug-likeness (QED) is 0.354. The molecule has 3 aromatic rings. The lowest BCUT2D eigenvalue weighted by molar-refractivity contribution is -0.137. The second-order valence-corrected chi connectivity index (χ2v) is 10.3. The lowest BCUT2D eigenvalue weighted by atomic mass is 9.93. The molecule has 3 N–H and O–H groups in total. The summed E-state index contributed by atoms with van der Waals surface area (Å²) in [5.74, 6) is -2.37. The number of aryl methyl sites for hydroxylation is 3. The molecule has 0 saturated carbocycles. The molecular formula is C30H33N5O5. The van der Waals surface area contributed by atoms with Gasteiger partial charge < -0.3 is 20.3 Å². The predicted octanol–water partition coefficient (Wildman–Crippen LogP) is 3.41. The largest absolute Gasteiger partial charge is 0.481 e. The smallest absolute Gasteiger partial charge is 0.305 e. The summed E-state index contributed by atoms with van der Waals surface area (Å²) in [6.45, 7) is 7.54. The minimum Gasteiger partial charge on any atom is -0.481 e. The maximum Gasteiger partial charge on any atom is 0.305 e. The Bertz CT molecular complexity index is 1510. The Labute approximate surface area is 232 Å². The fourth-order valence-corrected chi connectivity index (χ4v) is 4.68. The van der Waals surface area contributed by atoms with Crippen LogP contribution in [0.25, 0.3) is 11.1 Å². The Hall–Kier alpha value is -4.78. The Morgan fingerprint density at radius 1 is 1.10 bits per heavy atom. The third-order valence-electron chi connectivity index (χ3n) is 6.50. The normalized spacial score (nSPS) is 12.3.